The highest BCUT2D eigenvalue weighted by Gasteiger charge is 2.21. The lowest BCUT2D eigenvalue weighted by Gasteiger charge is -1.94. The van der Waals surface area contributed by atoms with Crippen LogP contribution < -0.4 is 5.32 Å². The molecule has 1 aromatic heterocycles. The monoisotopic (exact) mass is 222 g/mol. The molecule has 1 N–H and O–H groups in total. The van der Waals surface area contributed by atoms with E-state index in [9.17, 15) is 4.79 Å². The summed E-state index contributed by atoms with van der Waals surface area (Å²) in [5.74, 6) is 0. The van der Waals surface area contributed by atoms with Crippen LogP contribution in [-0.4, -0.2) is 15.2 Å². The summed E-state index contributed by atoms with van der Waals surface area (Å²) in [7, 11) is 0. The molecule has 2 heterocycles. The maximum absolute atomic E-state index is 11.0. The van der Waals surface area contributed by atoms with Crippen molar-refractivity contribution < 1.29 is 4.79 Å². The molecule has 0 spiro atoms. The smallest absolute Gasteiger partial charge is 0.289 e. The van der Waals surface area contributed by atoms with Gasteiger partial charge in [-0.15, -0.1) is 0 Å². The van der Waals surface area contributed by atoms with Crippen LogP contribution in [0.1, 0.15) is 5.56 Å². The number of thiocarbonyl (C=S) groups is 1. The molecule has 14 heavy (non-hydrogen) atoms. The molecule has 1 amide bonds. The Morgan fingerprint density at radius 1 is 1.57 bits per heavy atom. The van der Waals surface area contributed by atoms with Gasteiger partial charge in [-0.3, -0.25) is 9.78 Å². The lowest BCUT2D eigenvalue weighted by molar-refractivity contribution is 0.265. The van der Waals surface area contributed by atoms with Crippen molar-refractivity contribution in [1.29, 1.82) is 0 Å². The number of aromatic nitrogens is 1. The van der Waals surface area contributed by atoms with Crippen LogP contribution in [-0.2, 0) is 0 Å². The van der Waals surface area contributed by atoms with Gasteiger partial charge in [0.1, 0.15) is 4.99 Å². The molecule has 0 aromatic carbocycles. The van der Waals surface area contributed by atoms with Crippen LogP contribution in [0.25, 0.3) is 6.08 Å². The highest BCUT2D eigenvalue weighted by Crippen LogP contribution is 2.26. The van der Waals surface area contributed by atoms with Crippen LogP contribution in [0.2, 0.25) is 0 Å². The summed E-state index contributed by atoms with van der Waals surface area (Å²) in [5, 5.41) is 2.43. The van der Waals surface area contributed by atoms with Crippen LogP contribution in [0.3, 0.4) is 0 Å². The Morgan fingerprint density at radius 3 is 3.00 bits per heavy atom. The highest BCUT2D eigenvalue weighted by atomic mass is 32.2. The molecule has 2 rings (SSSR count). The molecule has 1 fully saturated rings. The van der Waals surface area contributed by atoms with Crippen molar-refractivity contribution >= 4 is 40.3 Å². The van der Waals surface area contributed by atoms with Gasteiger partial charge in [-0.1, -0.05) is 18.3 Å². The molecule has 0 atom stereocenters. The minimum absolute atomic E-state index is 0.120. The van der Waals surface area contributed by atoms with Gasteiger partial charge in [0.05, 0.1) is 4.91 Å². The molecule has 3 nitrogen and oxygen atoms in total. The van der Waals surface area contributed by atoms with E-state index in [4.69, 9.17) is 12.2 Å². The van der Waals surface area contributed by atoms with Crippen molar-refractivity contribution in [3.8, 4) is 0 Å². The number of carbonyl (C=O) groups excluding carboxylic acids is 1. The first kappa shape index (κ1) is 9.36. The predicted molar refractivity (Wildman–Crippen MR) is 60.9 cm³/mol. The zero-order chi connectivity index (χ0) is 9.97. The van der Waals surface area contributed by atoms with Gasteiger partial charge in [-0.2, -0.15) is 0 Å². The van der Waals surface area contributed by atoms with Crippen LogP contribution >= 0.6 is 24.0 Å². The number of rotatable bonds is 1. The summed E-state index contributed by atoms with van der Waals surface area (Å²) in [5.41, 5.74) is 0.939. The molecular weight excluding hydrogens is 216 g/mol. The third kappa shape index (κ3) is 2.00. The SMILES string of the molecule is O=C1NC(=S)/C(=C\c2cccnc2)S1. The highest BCUT2D eigenvalue weighted by molar-refractivity contribution is 8.19. The van der Waals surface area contributed by atoms with Gasteiger partial charge in [-0.25, -0.2) is 0 Å². The van der Waals surface area contributed by atoms with Crippen molar-refractivity contribution in [3.05, 3.63) is 35.0 Å². The van der Waals surface area contributed by atoms with Gasteiger partial charge in [0, 0.05) is 12.4 Å². The lowest BCUT2D eigenvalue weighted by atomic mass is 10.2. The number of nitrogens with one attached hydrogen (secondary N) is 1. The molecule has 1 saturated heterocycles. The first-order valence-electron chi connectivity index (χ1n) is 3.90. The second-order valence-electron chi connectivity index (χ2n) is 2.64. The molecule has 1 aliphatic rings. The van der Waals surface area contributed by atoms with E-state index in [1.165, 1.54) is 0 Å². The fourth-order valence-electron chi connectivity index (χ4n) is 1.03. The van der Waals surface area contributed by atoms with E-state index < -0.39 is 0 Å². The summed E-state index contributed by atoms with van der Waals surface area (Å²) in [6.45, 7) is 0. The summed E-state index contributed by atoms with van der Waals surface area (Å²) >= 11 is 6.09. The molecule has 0 saturated carbocycles. The second-order valence-corrected chi connectivity index (χ2v) is 4.06. The molecular formula is C9H6N2OS2. The number of nitrogens with zero attached hydrogens (tertiary/aromatic N) is 1. The number of hydrogen-bond donors (Lipinski definition) is 1. The summed E-state index contributed by atoms with van der Waals surface area (Å²) in [4.78, 5) is 16.2. The van der Waals surface area contributed by atoms with E-state index in [-0.39, 0.29) is 5.24 Å². The normalized spacial score (nSPS) is 18.7. The van der Waals surface area contributed by atoms with E-state index in [0.29, 0.717) is 4.99 Å². The minimum Gasteiger partial charge on any atom is -0.307 e. The van der Waals surface area contributed by atoms with Gasteiger partial charge < -0.3 is 5.32 Å². The fourth-order valence-corrected chi connectivity index (χ4v) is 2.07. The standard InChI is InChI=1S/C9H6N2OS2/c12-9-11-8(13)7(14-9)4-6-2-1-3-10-5-6/h1-5H,(H,11,12,13)/b7-4+. The summed E-state index contributed by atoms with van der Waals surface area (Å²) in [6, 6.07) is 3.75. The second kappa shape index (κ2) is 3.89. The molecule has 1 aliphatic heterocycles. The molecule has 0 aliphatic carbocycles. The molecule has 0 bridgehead atoms. The number of hydrogen-bond acceptors (Lipinski definition) is 4. The van der Waals surface area contributed by atoms with E-state index in [0.717, 1.165) is 22.2 Å². The van der Waals surface area contributed by atoms with Crippen LogP contribution in [0, 0.1) is 0 Å². The molecule has 70 valence electrons. The van der Waals surface area contributed by atoms with Crippen molar-refractivity contribution in [3.63, 3.8) is 0 Å². The third-order valence-corrected chi connectivity index (χ3v) is 2.90. The van der Waals surface area contributed by atoms with E-state index >= 15 is 0 Å². The van der Waals surface area contributed by atoms with Gasteiger partial charge >= 0.3 is 0 Å². The summed E-state index contributed by atoms with van der Waals surface area (Å²) < 4.78 is 0. The Bertz CT molecular complexity index is 414. The number of pyridine rings is 1. The topological polar surface area (TPSA) is 42.0 Å². The van der Waals surface area contributed by atoms with Crippen molar-refractivity contribution in [1.82, 2.24) is 10.3 Å². The average Bonchev–Trinajstić information content (AvgIpc) is 2.47. The first-order valence-corrected chi connectivity index (χ1v) is 5.13. The summed E-state index contributed by atoms with van der Waals surface area (Å²) in [6.07, 6.45) is 5.27. The van der Waals surface area contributed by atoms with E-state index in [1.807, 2.05) is 18.2 Å². The number of carbonyl (C=O) groups is 1. The van der Waals surface area contributed by atoms with Crippen molar-refractivity contribution in [2.24, 2.45) is 0 Å². The first-order chi connectivity index (χ1) is 6.75. The van der Waals surface area contributed by atoms with E-state index in [1.54, 1.807) is 12.4 Å². The molecule has 0 radical (unpaired) electrons. The van der Waals surface area contributed by atoms with Crippen molar-refractivity contribution in [2.75, 3.05) is 0 Å². The Morgan fingerprint density at radius 2 is 2.43 bits per heavy atom. The molecule has 5 heteroatoms. The Balaban J connectivity index is 2.28. The molecule has 1 aromatic rings. The zero-order valence-corrected chi connectivity index (χ0v) is 8.69. The zero-order valence-electron chi connectivity index (χ0n) is 7.06. The molecule has 0 unspecified atom stereocenters. The maximum atomic E-state index is 11.0. The largest absolute Gasteiger partial charge is 0.307 e. The van der Waals surface area contributed by atoms with E-state index in [2.05, 4.69) is 10.3 Å². The quantitative estimate of drug-likeness (QED) is 0.584. The Kier molecular flexibility index (Phi) is 2.60. The van der Waals surface area contributed by atoms with Gasteiger partial charge in [0.15, 0.2) is 0 Å². The van der Waals surface area contributed by atoms with Crippen LogP contribution in [0.15, 0.2) is 29.4 Å². The van der Waals surface area contributed by atoms with Gasteiger partial charge in [0.2, 0.25) is 0 Å². The van der Waals surface area contributed by atoms with Crippen LogP contribution in [0.4, 0.5) is 4.79 Å². The van der Waals surface area contributed by atoms with Gasteiger partial charge in [-0.05, 0) is 29.5 Å². The van der Waals surface area contributed by atoms with Crippen molar-refractivity contribution in [2.45, 2.75) is 0 Å². The maximum Gasteiger partial charge on any atom is 0.289 e. The Hall–Kier alpha value is -1.20. The fraction of sp³-hybridized carbons (Fsp3) is 0. The third-order valence-electron chi connectivity index (χ3n) is 1.62. The Labute approximate surface area is 90.6 Å². The minimum atomic E-state index is -0.120. The average molecular weight is 222 g/mol. The lowest BCUT2D eigenvalue weighted by Crippen LogP contribution is -2.15. The van der Waals surface area contributed by atoms with Crippen LogP contribution in [0.5, 0.6) is 0 Å². The predicted octanol–water partition coefficient (Wildman–Crippen LogP) is 2.21. The van der Waals surface area contributed by atoms with Gasteiger partial charge in [0.25, 0.3) is 5.24 Å². The number of thioether (sulfide) groups is 1. The number of amides is 1.